The average molecular weight is 387 g/mol. The molecule has 0 aromatic heterocycles. The molecule has 0 bridgehead atoms. The van der Waals surface area contributed by atoms with Crippen LogP contribution in [0, 0.1) is 0 Å². The fourth-order valence-corrected chi connectivity index (χ4v) is 3.25. The van der Waals surface area contributed by atoms with Gasteiger partial charge in [-0.2, -0.15) is 0 Å². The minimum Gasteiger partial charge on any atom is -0.485 e. The van der Waals surface area contributed by atoms with Gasteiger partial charge in [0.1, 0.15) is 12.4 Å². The minimum absolute atomic E-state index is 0.490. The number of benzene rings is 3. The number of hydrogen-bond donors (Lipinski definition) is 1. The molecule has 0 saturated carbocycles. The summed E-state index contributed by atoms with van der Waals surface area (Å²) < 4.78 is 12.3. The predicted molar refractivity (Wildman–Crippen MR) is 117 cm³/mol. The number of nitrogen functional groups attached to an aromatic ring is 1. The molecule has 0 aliphatic carbocycles. The van der Waals surface area contributed by atoms with E-state index in [-0.39, 0.29) is 0 Å². The molecule has 1 aliphatic rings. The van der Waals surface area contributed by atoms with Gasteiger partial charge in [-0.3, -0.25) is 4.99 Å². The molecule has 3 aromatic rings. The van der Waals surface area contributed by atoms with Gasteiger partial charge in [0.25, 0.3) is 0 Å². The van der Waals surface area contributed by atoms with Crippen LogP contribution in [0.5, 0.6) is 17.2 Å². The van der Waals surface area contributed by atoms with Gasteiger partial charge in [-0.05, 0) is 47.9 Å². The van der Waals surface area contributed by atoms with Crippen molar-refractivity contribution in [2.75, 3.05) is 25.4 Å². The topological polar surface area (TPSA) is 60.1 Å². The Balaban J connectivity index is 1.49. The molecule has 3 aromatic carbocycles. The zero-order chi connectivity index (χ0) is 19.9. The molecule has 0 fully saturated rings. The van der Waals surface area contributed by atoms with E-state index in [1.54, 1.807) is 0 Å². The maximum atomic E-state index is 6.27. The van der Waals surface area contributed by atoms with Gasteiger partial charge in [-0.15, -0.1) is 0 Å². The van der Waals surface area contributed by atoms with Crippen LogP contribution in [0.3, 0.4) is 0 Å². The Morgan fingerprint density at radius 3 is 2.48 bits per heavy atom. The SMILES string of the molecule is Nc1ccc(Oc2ccccc2OCc2ccccc2)c(CCN2C=NCC2)c1. The van der Waals surface area contributed by atoms with Crippen LogP contribution in [0.15, 0.2) is 77.8 Å². The molecule has 2 N–H and O–H groups in total. The number of aliphatic imine (C=N–C) groups is 1. The highest BCUT2D eigenvalue weighted by atomic mass is 16.5. The Bertz CT molecular complexity index is 973. The molecular formula is C24H25N3O2. The second-order valence-electron chi connectivity index (χ2n) is 7.00. The number of nitrogens with zero attached hydrogens (tertiary/aromatic N) is 2. The van der Waals surface area contributed by atoms with Crippen molar-refractivity contribution in [2.24, 2.45) is 4.99 Å². The summed E-state index contributed by atoms with van der Waals surface area (Å²) in [4.78, 5) is 6.48. The van der Waals surface area contributed by atoms with Crippen molar-refractivity contribution < 1.29 is 9.47 Å². The summed E-state index contributed by atoms with van der Waals surface area (Å²) in [5.74, 6) is 2.20. The van der Waals surface area contributed by atoms with Gasteiger partial charge in [0.2, 0.25) is 0 Å². The summed E-state index contributed by atoms with van der Waals surface area (Å²) >= 11 is 0. The lowest BCUT2D eigenvalue weighted by molar-refractivity contribution is 0.291. The number of nitrogens with two attached hydrogens (primary N) is 1. The molecular weight excluding hydrogens is 362 g/mol. The van der Waals surface area contributed by atoms with Gasteiger partial charge in [0.05, 0.1) is 12.9 Å². The van der Waals surface area contributed by atoms with E-state index < -0.39 is 0 Å². The first-order valence-corrected chi connectivity index (χ1v) is 9.84. The van der Waals surface area contributed by atoms with Crippen molar-refractivity contribution >= 4 is 12.0 Å². The first-order valence-electron chi connectivity index (χ1n) is 9.84. The zero-order valence-electron chi connectivity index (χ0n) is 16.3. The average Bonchev–Trinajstić information content (AvgIpc) is 3.28. The monoisotopic (exact) mass is 387 g/mol. The third-order valence-corrected chi connectivity index (χ3v) is 4.82. The summed E-state index contributed by atoms with van der Waals surface area (Å²) in [6.07, 6.45) is 2.75. The lowest BCUT2D eigenvalue weighted by Crippen LogP contribution is -2.22. The number of rotatable bonds is 8. The van der Waals surface area contributed by atoms with Crippen molar-refractivity contribution in [3.8, 4) is 17.2 Å². The number of anilines is 1. The van der Waals surface area contributed by atoms with Gasteiger partial charge in [0, 0.05) is 18.8 Å². The Morgan fingerprint density at radius 1 is 0.897 bits per heavy atom. The van der Waals surface area contributed by atoms with Crippen molar-refractivity contribution in [3.05, 3.63) is 83.9 Å². The van der Waals surface area contributed by atoms with Gasteiger partial charge in [0.15, 0.2) is 11.5 Å². The van der Waals surface area contributed by atoms with Crippen LogP contribution in [0.25, 0.3) is 0 Å². The summed E-state index contributed by atoms with van der Waals surface area (Å²) in [7, 11) is 0. The molecule has 5 heteroatoms. The van der Waals surface area contributed by atoms with Crippen molar-refractivity contribution in [3.63, 3.8) is 0 Å². The van der Waals surface area contributed by atoms with Gasteiger partial charge >= 0.3 is 0 Å². The normalized spacial score (nSPS) is 12.9. The first kappa shape index (κ1) is 18.9. The quantitative estimate of drug-likeness (QED) is 0.577. The fourth-order valence-electron chi connectivity index (χ4n) is 3.25. The maximum absolute atomic E-state index is 6.27. The lowest BCUT2D eigenvalue weighted by Gasteiger charge is -2.17. The number of para-hydroxylation sites is 2. The standard InChI is InChI=1S/C24H25N3O2/c25-21-10-11-22(20(16-21)12-14-27-15-13-26-18-27)29-24-9-5-4-8-23(24)28-17-19-6-2-1-3-7-19/h1-11,16,18H,12-15,17,25H2. The molecule has 5 nitrogen and oxygen atoms in total. The highest BCUT2D eigenvalue weighted by Crippen LogP contribution is 2.34. The second kappa shape index (κ2) is 9.15. The van der Waals surface area contributed by atoms with E-state index in [9.17, 15) is 0 Å². The highest BCUT2D eigenvalue weighted by Gasteiger charge is 2.12. The third-order valence-electron chi connectivity index (χ3n) is 4.82. The van der Waals surface area contributed by atoms with Crippen LogP contribution in [0.2, 0.25) is 0 Å². The lowest BCUT2D eigenvalue weighted by atomic mass is 10.1. The fraction of sp³-hybridized carbons (Fsp3) is 0.208. The van der Waals surface area contributed by atoms with Crippen molar-refractivity contribution in [2.45, 2.75) is 13.0 Å². The first-order chi connectivity index (χ1) is 14.3. The highest BCUT2D eigenvalue weighted by molar-refractivity contribution is 5.57. The van der Waals surface area contributed by atoms with E-state index in [2.05, 4.69) is 9.89 Å². The van der Waals surface area contributed by atoms with Crippen LogP contribution in [0.4, 0.5) is 5.69 Å². The molecule has 0 saturated heterocycles. The molecule has 29 heavy (non-hydrogen) atoms. The smallest absolute Gasteiger partial charge is 0.169 e. The zero-order valence-corrected chi connectivity index (χ0v) is 16.3. The molecule has 1 heterocycles. The van der Waals surface area contributed by atoms with Gasteiger partial charge in [-0.1, -0.05) is 42.5 Å². The Kier molecular flexibility index (Phi) is 5.95. The molecule has 0 atom stereocenters. The predicted octanol–water partition coefficient (Wildman–Crippen LogP) is 4.53. The van der Waals surface area contributed by atoms with Crippen LogP contribution in [-0.4, -0.2) is 30.9 Å². The number of hydrogen-bond acceptors (Lipinski definition) is 5. The molecule has 1 aliphatic heterocycles. The van der Waals surface area contributed by atoms with Crippen LogP contribution < -0.4 is 15.2 Å². The van der Waals surface area contributed by atoms with Crippen molar-refractivity contribution in [1.82, 2.24) is 4.90 Å². The van der Waals surface area contributed by atoms with Gasteiger partial charge in [-0.25, -0.2) is 0 Å². The minimum atomic E-state index is 0.490. The molecule has 0 radical (unpaired) electrons. The number of ether oxygens (including phenoxy) is 2. The summed E-state index contributed by atoms with van der Waals surface area (Å²) in [6, 6.07) is 23.6. The Hall–Kier alpha value is -3.47. The largest absolute Gasteiger partial charge is 0.485 e. The Labute approximate surface area is 171 Å². The van der Waals surface area contributed by atoms with Crippen LogP contribution >= 0.6 is 0 Å². The molecule has 0 unspecified atom stereocenters. The van der Waals surface area contributed by atoms with E-state index >= 15 is 0 Å². The van der Waals surface area contributed by atoms with E-state index in [4.69, 9.17) is 15.2 Å². The maximum Gasteiger partial charge on any atom is 0.169 e. The second-order valence-corrected chi connectivity index (χ2v) is 7.00. The van der Waals surface area contributed by atoms with E-state index in [0.29, 0.717) is 18.1 Å². The third kappa shape index (κ3) is 5.08. The summed E-state index contributed by atoms with van der Waals surface area (Å²) in [6.45, 7) is 3.21. The molecule has 4 rings (SSSR count). The van der Waals surface area contributed by atoms with Crippen LogP contribution in [0.1, 0.15) is 11.1 Å². The van der Waals surface area contributed by atoms with E-state index in [1.165, 1.54) is 0 Å². The van der Waals surface area contributed by atoms with Crippen molar-refractivity contribution in [1.29, 1.82) is 0 Å². The summed E-state index contributed by atoms with van der Waals surface area (Å²) in [5.41, 5.74) is 8.94. The Morgan fingerprint density at radius 2 is 1.69 bits per heavy atom. The van der Waals surface area contributed by atoms with E-state index in [1.807, 2.05) is 79.1 Å². The van der Waals surface area contributed by atoms with Gasteiger partial charge < -0.3 is 20.1 Å². The molecule has 148 valence electrons. The van der Waals surface area contributed by atoms with Crippen LogP contribution in [-0.2, 0) is 13.0 Å². The summed E-state index contributed by atoms with van der Waals surface area (Å²) in [5, 5.41) is 0. The van der Waals surface area contributed by atoms with E-state index in [0.717, 1.165) is 48.6 Å². The molecule has 0 amide bonds. The molecule has 0 spiro atoms.